The van der Waals surface area contributed by atoms with Gasteiger partial charge in [0.15, 0.2) is 0 Å². The van der Waals surface area contributed by atoms with E-state index in [1.165, 1.54) is 6.07 Å². The average Bonchev–Trinajstić information content (AvgIpc) is 2.50. The van der Waals surface area contributed by atoms with Crippen molar-refractivity contribution in [1.82, 2.24) is 9.97 Å². The molecule has 0 amide bonds. The van der Waals surface area contributed by atoms with E-state index in [2.05, 4.69) is 15.3 Å². The summed E-state index contributed by atoms with van der Waals surface area (Å²) in [7, 11) is 0. The summed E-state index contributed by atoms with van der Waals surface area (Å²) in [6.45, 7) is 2.78. The summed E-state index contributed by atoms with van der Waals surface area (Å²) in [5, 5.41) is 3.23. The minimum absolute atomic E-state index is 0.173. The molecule has 21 heavy (non-hydrogen) atoms. The molecule has 0 bridgehead atoms. The van der Waals surface area contributed by atoms with Crippen LogP contribution in [0.25, 0.3) is 0 Å². The lowest BCUT2D eigenvalue weighted by atomic mass is 9.94. The first-order chi connectivity index (χ1) is 10.2. The smallest absolute Gasteiger partial charge is 0.254 e. The Balaban J connectivity index is 1.70. The number of nitrogens with one attached hydrogen (secondary N) is 2. The summed E-state index contributed by atoms with van der Waals surface area (Å²) < 4.78 is 18.5. The van der Waals surface area contributed by atoms with Crippen LogP contribution in [-0.4, -0.2) is 48.5 Å². The molecule has 0 unspecified atom stereocenters. The van der Waals surface area contributed by atoms with Crippen LogP contribution in [0.2, 0.25) is 0 Å². The molecule has 2 N–H and O–H groups in total. The highest BCUT2D eigenvalue weighted by Crippen LogP contribution is 2.23. The molecule has 3 rings (SSSR count). The molecule has 0 radical (unpaired) electrons. The molecule has 1 aliphatic heterocycles. The number of hydrogen-bond acceptors (Lipinski definition) is 5. The molecule has 0 spiro atoms. The van der Waals surface area contributed by atoms with Crippen molar-refractivity contribution >= 4 is 11.8 Å². The van der Waals surface area contributed by atoms with E-state index in [0.29, 0.717) is 37.8 Å². The van der Waals surface area contributed by atoms with Gasteiger partial charge in [-0.05, 0) is 25.7 Å². The van der Waals surface area contributed by atoms with Crippen molar-refractivity contribution in [1.29, 1.82) is 0 Å². The number of aromatic amines is 1. The van der Waals surface area contributed by atoms with E-state index in [9.17, 15) is 9.18 Å². The number of alkyl halides is 1. The number of nitrogens with zero attached hydrogens (tertiary/aromatic N) is 2. The number of ether oxygens (including phenoxy) is 1. The van der Waals surface area contributed by atoms with Crippen LogP contribution in [0.15, 0.2) is 10.9 Å². The number of halogens is 1. The molecule has 1 saturated heterocycles. The van der Waals surface area contributed by atoms with Crippen molar-refractivity contribution in [3.8, 4) is 0 Å². The Labute approximate surface area is 122 Å². The Hall–Kier alpha value is -1.63. The van der Waals surface area contributed by atoms with Crippen molar-refractivity contribution in [2.24, 2.45) is 0 Å². The Morgan fingerprint density at radius 1 is 1.29 bits per heavy atom. The lowest BCUT2D eigenvalue weighted by molar-refractivity contribution is 0.122. The summed E-state index contributed by atoms with van der Waals surface area (Å²) in [5.74, 6) is 1.15. The van der Waals surface area contributed by atoms with E-state index in [1.54, 1.807) is 0 Å². The number of hydrogen-bond donors (Lipinski definition) is 2. The van der Waals surface area contributed by atoms with E-state index in [1.807, 2.05) is 4.90 Å². The van der Waals surface area contributed by atoms with Gasteiger partial charge in [-0.25, -0.2) is 4.39 Å². The highest BCUT2D eigenvalue weighted by atomic mass is 19.1. The van der Waals surface area contributed by atoms with Crippen LogP contribution in [0.4, 0.5) is 16.2 Å². The van der Waals surface area contributed by atoms with Gasteiger partial charge in [0.05, 0.1) is 13.2 Å². The third-order valence-electron chi connectivity index (χ3n) is 4.06. The van der Waals surface area contributed by atoms with Crippen LogP contribution in [0.1, 0.15) is 25.7 Å². The van der Waals surface area contributed by atoms with Crippen LogP contribution in [0.3, 0.4) is 0 Å². The highest BCUT2D eigenvalue weighted by molar-refractivity contribution is 5.43. The molecule has 2 aliphatic rings. The fourth-order valence-corrected chi connectivity index (χ4v) is 2.86. The zero-order valence-electron chi connectivity index (χ0n) is 12.0. The lowest BCUT2D eigenvalue weighted by Gasteiger charge is -2.29. The monoisotopic (exact) mass is 296 g/mol. The molecule has 2 fully saturated rings. The molecule has 2 heterocycles. The van der Waals surface area contributed by atoms with Gasteiger partial charge in [0.2, 0.25) is 5.95 Å². The maximum atomic E-state index is 13.1. The fourth-order valence-electron chi connectivity index (χ4n) is 2.86. The van der Waals surface area contributed by atoms with Gasteiger partial charge < -0.3 is 15.0 Å². The Morgan fingerprint density at radius 3 is 2.71 bits per heavy atom. The van der Waals surface area contributed by atoms with E-state index in [4.69, 9.17) is 4.74 Å². The zero-order chi connectivity index (χ0) is 14.7. The largest absolute Gasteiger partial charge is 0.378 e. The minimum Gasteiger partial charge on any atom is -0.378 e. The summed E-state index contributed by atoms with van der Waals surface area (Å²) in [6, 6.07) is 1.69. The molecule has 1 aliphatic carbocycles. The second-order valence-corrected chi connectivity index (χ2v) is 5.64. The number of rotatable bonds is 3. The summed E-state index contributed by atoms with van der Waals surface area (Å²) in [5.41, 5.74) is -0.173. The van der Waals surface area contributed by atoms with E-state index in [0.717, 1.165) is 25.9 Å². The second kappa shape index (κ2) is 6.43. The SMILES string of the molecule is O=c1cc(N2CCOCC2)nc(NC2CCC(F)CC2)[nH]1. The topological polar surface area (TPSA) is 70.2 Å². The quantitative estimate of drug-likeness (QED) is 0.880. The van der Waals surface area contributed by atoms with Gasteiger partial charge >= 0.3 is 0 Å². The van der Waals surface area contributed by atoms with Crippen LogP contribution >= 0.6 is 0 Å². The third kappa shape index (κ3) is 3.72. The van der Waals surface area contributed by atoms with Gasteiger partial charge in [0.1, 0.15) is 12.0 Å². The number of anilines is 2. The van der Waals surface area contributed by atoms with Crippen LogP contribution in [0, 0.1) is 0 Å². The Bertz CT molecular complexity index is 522. The number of H-pyrrole nitrogens is 1. The highest BCUT2D eigenvalue weighted by Gasteiger charge is 2.21. The van der Waals surface area contributed by atoms with E-state index < -0.39 is 6.17 Å². The van der Waals surface area contributed by atoms with Crippen molar-refractivity contribution in [2.45, 2.75) is 37.9 Å². The van der Waals surface area contributed by atoms with Crippen molar-refractivity contribution in [2.75, 3.05) is 36.5 Å². The molecule has 1 aromatic heterocycles. The molecular formula is C14H21FN4O2. The first kappa shape index (κ1) is 14.3. The van der Waals surface area contributed by atoms with E-state index >= 15 is 0 Å². The predicted molar refractivity (Wildman–Crippen MR) is 78.7 cm³/mol. The van der Waals surface area contributed by atoms with Gasteiger partial charge in [-0.3, -0.25) is 9.78 Å². The van der Waals surface area contributed by atoms with Gasteiger partial charge in [-0.2, -0.15) is 4.98 Å². The molecule has 0 aromatic carbocycles. The minimum atomic E-state index is -0.685. The van der Waals surface area contributed by atoms with Crippen molar-refractivity contribution < 1.29 is 9.13 Å². The Morgan fingerprint density at radius 2 is 2.00 bits per heavy atom. The second-order valence-electron chi connectivity index (χ2n) is 5.64. The predicted octanol–water partition coefficient (Wildman–Crippen LogP) is 1.30. The average molecular weight is 296 g/mol. The van der Waals surface area contributed by atoms with Crippen LogP contribution in [0.5, 0.6) is 0 Å². The molecule has 116 valence electrons. The van der Waals surface area contributed by atoms with Crippen molar-refractivity contribution in [3.05, 3.63) is 16.4 Å². The summed E-state index contributed by atoms with van der Waals surface area (Å²) in [6.07, 6.45) is 2.00. The number of aromatic nitrogens is 2. The van der Waals surface area contributed by atoms with Gasteiger partial charge in [0, 0.05) is 25.2 Å². The summed E-state index contributed by atoms with van der Waals surface area (Å²) >= 11 is 0. The molecule has 1 saturated carbocycles. The normalized spacial score (nSPS) is 26.6. The van der Waals surface area contributed by atoms with Crippen LogP contribution < -0.4 is 15.8 Å². The van der Waals surface area contributed by atoms with Gasteiger partial charge in [0.25, 0.3) is 5.56 Å². The van der Waals surface area contributed by atoms with Crippen molar-refractivity contribution in [3.63, 3.8) is 0 Å². The van der Waals surface area contributed by atoms with Gasteiger partial charge in [-0.1, -0.05) is 0 Å². The maximum absolute atomic E-state index is 13.1. The molecule has 7 heteroatoms. The standard InChI is InChI=1S/C14H21FN4O2/c15-10-1-3-11(4-2-10)16-14-17-12(9-13(20)18-14)19-5-7-21-8-6-19/h9-11H,1-8H2,(H2,16,17,18,20). The van der Waals surface area contributed by atoms with Gasteiger partial charge in [-0.15, -0.1) is 0 Å². The first-order valence-corrected chi connectivity index (χ1v) is 7.55. The van der Waals surface area contributed by atoms with Crippen LogP contribution in [-0.2, 0) is 4.74 Å². The first-order valence-electron chi connectivity index (χ1n) is 7.55. The molecular weight excluding hydrogens is 275 g/mol. The summed E-state index contributed by atoms with van der Waals surface area (Å²) in [4.78, 5) is 21.0. The lowest BCUT2D eigenvalue weighted by Crippen LogP contribution is -2.37. The molecule has 6 nitrogen and oxygen atoms in total. The molecule has 0 atom stereocenters. The number of morpholine rings is 1. The Kier molecular flexibility index (Phi) is 4.38. The fraction of sp³-hybridized carbons (Fsp3) is 0.714. The van der Waals surface area contributed by atoms with E-state index in [-0.39, 0.29) is 11.6 Å². The molecule has 1 aromatic rings. The maximum Gasteiger partial charge on any atom is 0.254 e. The third-order valence-corrected chi connectivity index (χ3v) is 4.06. The zero-order valence-corrected chi connectivity index (χ0v) is 12.0.